The van der Waals surface area contributed by atoms with Gasteiger partial charge in [-0.1, -0.05) is 25.3 Å². The molecule has 0 spiro atoms. The predicted octanol–water partition coefficient (Wildman–Crippen LogP) is 4.96. The van der Waals surface area contributed by atoms with E-state index in [1.807, 2.05) is 30.5 Å². The van der Waals surface area contributed by atoms with E-state index in [1.54, 1.807) is 0 Å². The summed E-state index contributed by atoms with van der Waals surface area (Å²) in [6, 6.07) is 6.62. The fourth-order valence-electron chi connectivity index (χ4n) is 4.42. The summed E-state index contributed by atoms with van der Waals surface area (Å²) in [5.41, 5.74) is 3.74. The van der Waals surface area contributed by atoms with Gasteiger partial charge in [-0.2, -0.15) is 0 Å². The molecular formula is C21H24N4S. The lowest BCUT2D eigenvalue weighted by molar-refractivity contribution is 0.271. The van der Waals surface area contributed by atoms with Gasteiger partial charge in [0, 0.05) is 36.1 Å². The number of hydrogen-bond acceptors (Lipinski definition) is 5. The predicted molar refractivity (Wildman–Crippen MR) is 105 cm³/mol. The van der Waals surface area contributed by atoms with Gasteiger partial charge in [0.25, 0.3) is 0 Å². The smallest absolute Gasteiger partial charge is 0.127 e. The zero-order valence-electron chi connectivity index (χ0n) is 15.2. The van der Waals surface area contributed by atoms with Crippen LogP contribution in [0.5, 0.6) is 0 Å². The van der Waals surface area contributed by atoms with Crippen molar-refractivity contribution in [1.82, 2.24) is 19.9 Å². The molecule has 5 rings (SSSR count). The maximum absolute atomic E-state index is 4.82. The third kappa shape index (κ3) is 3.03. The molecule has 4 nitrogen and oxygen atoms in total. The zero-order valence-corrected chi connectivity index (χ0v) is 16.1. The largest absolute Gasteiger partial charge is 0.287 e. The number of pyridine rings is 1. The van der Waals surface area contributed by atoms with E-state index in [-0.39, 0.29) is 0 Å². The Morgan fingerprint density at radius 2 is 2.04 bits per heavy atom. The monoisotopic (exact) mass is 364 g/mol. The van der Waals surface area contributed by atoms with Gasteiger partial charge in [0.2, 0.25) is 0 Å². The number of aromatic nitrogens is 3. The molecule has 5 heteroatoms. The second kappa shape index (κ2) is 6.71. The van der Waals surface area contributed by atoms with Crippen LogP contribution in [-0.4, -0.2) is 19.9 Å². The van der Waals surface area contributed by atoms with Crippen molar-refractivity contribution in [1.29, 1.82) is 0 Å². The zero-order chi connectivity index (χ0) is 17.5. The van der Waals surface area contributed by atoms with Gasteiger partial charge >= 0.3 is 0 Å². The van der Waals surface area contributed by atoms with Gasteiger partial charge in [0.1, 0.15) is 10.7 Å². The summed E-state index contributed by atoms with van der Waals surface area (Å²) >= 11 is 1.90. The van der Waals surface area contributed by atoms with E-state index in [9.17, 15) is 0 Å². The maximum atomic E-state index is 4.82. The third-order valence-electron chi connectivity index (χ3n) is 5.74. The average Bonchev–Trinajstić information content (AvgIpc) is 3.25. The molecule has 0 saturated heterocycles. The number of thiophene rings is 1. The molecule has 26 heavy (non-hydrogen) atoms. The van der Waals surface area contributed by atoms with Crippen molar-refractivity contribution in [2.24, 2.45) is 0 Å². The van der Waals surface area contributed by atoms with E-state index >= 15 is 0 Å². The van der Waals surface area contributed by atoms with Gasteiger partial charge in [-0.05, 0) is 43.4 Å². The van der Waals surface area contributed by atoms with Gasteiger partial charge in [-0.15, -0.1) is 11.3 Å². The molecule has 0 atom stereocenters. The Hall–Kier alpha value is -1.85. The molecule has 2 aliphatic rings. The molecule has 1 fully saturated rings. The second-order valence-corrected chi connectivity index (χ2v) is 8.74. The van der Waals surface area contributed by atoms with Crippen molar-refractivity contribution in [3.05, 3.63) is 52.0 Å². The van der Waals surface area contributed by atoms with Crippen LogP contribution in [-0.2, 0) is 19.6 Å². The molecule has 1 aliphatic carbocycles. The molecule has 0 aromatic carbocycles. The van der Waals surface area contributed by atoms with Crippen LogP contribution in [0.3, 0.4) is 0 Å². The number of fused-ring (bicyclic) bond motifs is 2. The lowest BCUT2D eigenvalue weighted by Gasteiger charge is -2.19. The molecule has 1 saturated carbocycles. The first-order valence-electron chi connectivity index (χ1n) is 9.68. The molecule has 1 aliphatic heterocycles. The van der Waals surface area contributed by atoms with Crippen LogP contribution >= 0.6 is 11.3 Å². The maximum Gasteiger partial charge on any atom is 0.127 e. The average molecular weight is 365 g/mol. The van der Waals surface area contributed by atoms with Crippen molar-refractivity contribution in [3.63, 3.8) is 0 Å². The minimum atomic E-state index is 0.733. The summed E-state index contributed by atoms with van der Waals surface area (Å²) in [7, 11) is 0. The van der Waals surface area contributed by atoms with E-state index in [0.717, 1.165) is 31.4 Å². The molecule has 0 unspecified atom stereocenters. The van der Waals surface area contributed by atoms with Gasteiger partial charge in [0.15, 0.2) is 0 Å². The molecule has 0 amide bonds. The summed E-state index contributed by atoms with van der Waals surface area (Å²) in [5, 5.41) is 1.27. The summed E-state index contributed by atoms with van der Waals surface area (Å²) in [5.74, 6) is 1.62. The first-order chi connectivity index (χ1) is 12.8. The van der Waals surface area contributed by atoms with Crippen LogP contribution < -0.4 is 0 Å². The quantitative estimate of drug-likeness (QED) is 0.659. The van der Waals surface area contributed by atoms with Gasteiger partial charge in [0.05, 0.1) is 11.4 Å². The molecular weight excluding hydrogens is 340 g/mol. The number of aryl methyl sites for hydroxylation is 1. The van der Waals surface area contributed by atoms with Crippen LogP contribution in [0, 0.1) is 6.92 Å². The SMILES string of the molecule is Cc1nc(CN2Cc3cccnc3C2)c2cc(C3CCCCC3)sc2n1. The molecule has 3 aromatic rings. The normalized spacial score (nSPS) is 18.5. The molecule has 134 valence electrons. The topological polar surface area (TPSA) is 41.9 Å². The van der Waals surface area contributed by atoms with Gasteiger partial charge < -0.3 is 0 Å². The van der Waals surface area contributed by atoms with Crippen molar-refractivity contribution < 1.29 is 0 Å². The Bertz CT molecular complexity index is 917. The van der Waals surface area contributed by atoms with Crippen molar-refractivity contribution >= 4 is 21.6 Å². The summed E-state index contributed by atoms with van der Waals surface area (Å²) < 4.78 is 0. The van der Waals surface area contributed by atoms with E-state index in [1.165, 1.54) is 64.1 Å². The highest BCUT2D eigenvalue weighted by atomic mass is 32.1. The van der Waals surface area contributed by atoms with E-state index in [2.05, 4.69) is 22.0 Å². The Balaban J connectivity index is 1.44. The molecule has 0 radical (unpaired) electrons. The Labute approximate surface area is 158 Å². The minimum Gasteiger partial charge on any atom is -0.287 e. The Morgan fingerprint density at radius 3 is 2.88 bits per heavy atom. The highest BCUT2D eigenvalue weighted by molar-refractivity contribution is 7.18. The van der Waals surface area contributed by atoms with Gasteiger partial charge in [-0.25, -0.2) is 9.97 Å². The third-order valence-corrected chi connectivity index (χ3v) is 6.93. The van der Waals surface area contributed by atoms with E-state index < -0.39 is 0 Å². The van der Waals surface area contributed by atoms with Crippen molar-refractivity contribution in [2.45, 2.75) is 64.6 Å². The molecule has 0 bridgehead atoms. The first-order valence-corrected chi connectivity index (χ1v) is 10.5. The van der Waals surface area contributed by atoms with Crippen LogP contribution in [0.15, 0.2) is 24.4 Å². The highest BCUT2D eigenvalue weighted by Crippen LogP contribution is 2.39. The summed E-state index contributed by atoms with van der Waals surface area (Å²) in [4.78, 5) is 19.2. The number of rotatable bonds is 3. The van der Waals surface area contributed by atoms with Crippen LogP contribution in [0.2, 0.25) is 0 Å². The van der Waals surface area contributed by atoms with Crippen LogP contribution in [0.1, 0.15) is 65.7 Å². The number of hydrogen-bond donors (Lipinski definition) is 0. The van der Waals surface area contributed by atoms with Crippen LogP contribution in [0.25, 0.3) is 10.2 Å². The fourth-order valence-corrected chi connectivity index (χ4v) is 5.68. The molecule has 4 heterocycles. The lowest BCUT2D eigenvalue weighted by Crippen LogP contribution is -2.17. The van der Waals surface area contributed by atoms with E-state index in [4.69, 9.17) is 9.97 Å². The molecule has 3 aromatic heterocycles. The second-order valence-electron chi connectivity index (χ2n) is 7.67. The van der Waals surface area contributed by atoms with Crippen molar-refractivity contribution in [3.8, 4) is 0 Å². The Kier molecular flexibility index (Phi) is 4.21. The first kappa shape index (κ1) is 16.3. The Morgan fingerprint density at radius 1 is 1.15 bits per heavy atom. The minimum absolute atomic E-state index is 0.733. The summed E-state index contributed by atoms with van der Waals surface area (Å²) in [6.07, 6.45) is 8.70. The lowest BCUT2D eigenvalue weighted by atomic mass is 9.88. The standard InChI is InChI=1S/C21H24N4S/c1-14-23-19(13-25-11-16-8-5-9-22-18(16)12-25)17-10-20(26-21(17)24-14)15-6-3-2-4-7-15/h5,8-10,15H,2-4,6-7,11-13H2,1H3. The van der Waals surface area contributed by atoms with Crippen LogP contribution in [0.4, 0.5) is 0 Å². The van der Waals surface area contributed by atoms with Crippen molar-refractivity contribution in [2.75, 3.05) is 0 Å². The van der Waals surface area contributed by atoms with E-state index in [0.29, 0.717) is 0 Å². The highest BCUT2D eigenvalue weighted by Gasteiger charge is 2.23. The van der Waals surface area contributed by atoms with Gasteiger partial charge in [-0.3, -0.25) is 9.88 Å². The molecule has 0 N–H and O–H groups in total. The number of nitrogens with zero attached hydrogens (tertiary/aromatic N) is 4. The fraction of sp³-hybridized carbons (Fsp3) is 0.476. The summed E-state index contributed by atoms with van der Waals surface area (Å²) in [6.45, 7) is 4.77.